The molecule has 0 aliphatic carbocycles. The van der Waals surface area contributed by atoms with Crippen molar-refractivity contribution in [3.8, 4) is 0 Å². The van der Waals surface area contributed by atoms with Crippen LogP contribution in [0, 0.1) is 10.8 Å². The van der Waals surface area contributed by atoms with Crippen LogP contribution in [0.3, 0.4) is 0 Å². The topological polar surface area (TPSA) is 47.7 Å². The van der Waals surface area contributed by atoms with Gasteiger partial charge in [0, 0.05) is 5.57 Å². The van der Waals surface area contributed by atoms with Crippen molar-refractivity contribution >= 4 is 39.1 Å². The van der Waals surface area contributed by atoms with E-state index in [0.717, 1.165) is 5.56 Å². The van der Waals surface area contributed by atoms with Gasteiger partial charge in [-0.2, -0.15) is 0 Å². The molecule has 2 N–H and O–H groups in total. The van der Waals surface area contributed by atoms with Gasteiger partial charge in [-0.05, 0) is 11.6 Å². The van der Waals surface area contributed by atoms with E-state index in [0.29, 0.717) is 5.57 Å². The van der Waals surface area contributed by atoms with Gasteiger partial charge in [0.15, 0.2) is 0 Å². The molecule has 0 radical (unpaired) electrons. The second-order valence-electron chi connectivity index (χ2n) is 2.59. The van der Waals surface area contributed by atoms with Gasteiger partial charge in [-0.25, -0.2) is 0 Å². The summed E-state index contributed by atoms with van der Waals surface area (Å²) in [6, 6.07) is 9.15. The lowest BCUT2D eigenvalue weighted by Crippen LogP contribution is -1.94. The van der Waals surface area contributed by atoms with Crippen molar-refractivity contribution in [1.29, 1.82) is 10.8 Å². The fraction of sp³-hybridized carbons (Fsp3) is 0. The first-order valence-electron chi connectivity index (χ1n) is 3.87. The van der Waals surface area contributed by atoms with Crippen LogP contribution in [-0.4, -0.2) is 10.3 Å². The summed E-state index contributed by atoms with van der Waals surface area (Å²) in [5, 5.41) is 14.2. The summed E-state index contributed by atoms with van der Waals surface area (Å²) in [6.07, 6.45) is 1.35. The molecular formula is C10H8Cl2N2. The van der Waals surface area contributed by atoms with E-state index in [9.17, 15) is 0 Å². The zero-order valence-corrected chi connectivity index (χ0v) is 8.73. The molecule has 4 heteroatoms. The zero-order valence-electron chi connectivity index (χ0n) is 7.22. The summed E-state index contributed by atoms with van der Waals surface area (Å²) in [7, 11) is 0. The maximum absolute atomic E-state index is 7.32. The molecule has 0 aliphatic rings. The number of hydrogen-bond donors (Lipinski definition) is 2. The zero-order chi connectivity index (χ0) is 10.6. The van der Waals surface area contributed by atoms with Crippen LogP contribution in [0.15, 0.2) is 36.4 Å². The maximum atomic E-state index is 7.32. The SMILES string of the molecule is N=C(Cl)/C=C(\C(=N)Cl)c1ccccc1. The van der Waals surface area contributed by atoms with Crippen LogP contribution in [0.5, 0.6) is 0 Å². The van der Waals surface area contributed by atoms with E-state index in [1.807, 2.05) is 30.3 Å². The Balaban J connectivity index is 3.14. The normalized spacial score (nSPS) is 11.1. The molecule has 1 aromatic rings. The Labute approximate surface area is 92.2 Å². The molecule has 0 aromatic heterocycles. The lowest BCUT2D eigenvalue weighted by molar-refractivity contribution is 1.54. The fourth-order valence-electron chi connectivity index (χ4n) is 1.02. The average Bonchev–Trinajstić information content (AvgIpc) is 2.15. The van der Waals surface area contributed by atoms with E-state index in [2.05, 4.69) is 0 Å². The minimum absolute atomic E-state index is 0.124. The molecule has 72 valence electrons. The summed E-state index contributed by atoms with van der Waals surface area (Å²) in [4.78, 5) is 0. The quantitative estimate of drug-likeness (QED) is 0.742. The van der Waals surface area contributed by atoms with Crippen LogP contribution in [0.2, 0.25) is 0 Å². The first-order chi connectivity index (χ1) is 6.61. The molecule has 14 heavy (non-hydrogen) atoms. The number of allylic oxidation sites excluding steroid dienone is 2. The van der Waals surface area contributed by atoms with Crippen LogP contribution >= 0.6 is 23.2 Å². The molecule has 1 rings (SSSR count). The molecular weight excluding hydrogens is 219 g/mol. The van der Waals surface area contributed by atoms with Crippen LogP contribution in [-0.2, 0) is 0 Å². The van der Waals surface area contributed by atoms with Gasteiger partial charge in [-0.15, -0.1) is 0 Å². The van der Waals surface area contributed by atoms with Gasteiger partial charge < -0.3 is 0 Å². The van der Waals surface area contributed by atoms with Crippen molar-refractivity contribution in [2.24, 2.45) is 0 Å². The summed E-state index contributed by atoms with van der Waals surface area (Å²) in [5.41, 5.74) is 1.23. The Morgan fingerprint density at radius 2 is 1.64 bits per heavy atom. The van der Waals surface area contributed by atoms with Crippen molar-refractivity contribution in [2.75, 3.05) is 0 Å². The molecule has 0 aliphatic heterocycles. The predicted molar refractivity (Wildman–Crippen MR) is 61.6 cm³/mol. The smallest absolute Gasteiger partial charge is 0.128 e. The van der Waals surface area contributed by atoms with Gasteiger partial charge in [0.05, 0.1) is 0 Å². The standard InChI is InChI=1S/C10H8Cl2N2/c11-9(13)6-8(10(12)14)7-4-2-1-3-5-7/h1-6,13-14H/b8-6-,13-9?,14-10?. The van der Waals surface area contributed by atoms with Gasteiger partial charge >= 0.3 is 0 Å². The Bertz CT molecular complexity index is 382. The third-order valence-electron chi connectivity index (χ3n) is 1.59. The lowest BCUT2D eigenvalue weighted by atomic mass is 10.1. The summed E-state index contributed by atoms with van der Waals surface area (Å²) < 4.78 is 0. The molecule has 0 fully saturated rings. The molecule has 0 saturated carbocycles. The third-order valence-corrected chi connectivity index (χ3v) is 1.91. The molecule has 0 atom stereocenters. The monoisotopic (exact) mass is 226 g/mol. The first kappa shape index (κ1) is 11.0. The van der Waals surface area contributed by atoms with Gasteiger partial charge in [0.2, 0.25) is 0 Å². The second kappa shape index (κ2) is 4.94. The Hall–Kier alpha value is -1.12. The Kier molecular flexibility index (Phi) is 3.86. The fourth-order valence-corrected chi connectivity index (χ4v) is 1.29. The second-order valence-corrected chi connectivity index (χ2v) is 3.37. The van der Waals surface area contributed by atoms with Crippen LogP contribution < -0.4 is 0 Å². The highest BCUT2D eigenvalue weighted by Gasteiger charge is 2.05. The van der Waals surface area contributed by atoms with E-state index in [-0.39, 0.29) is 10.3 Å². The Morgan fingerprint density at radius 3 is 2.07 bits per heavy atom. The summed E-state index contributed by atoms with van der Waals surface area (Å²) in [6.45, 7) is 0. The molecule has 0 bridgehead atoms. The van der Waals surface area contributed by atoms with Crippen LogP contribution in [0.25, 0.3) is 5.57 Å². The minimum Gasteiger partial charge on any atom is -0.289 e. The Morgan fingerprint density at radius 1 is 1.07 bits per heavy atom. The van der Waals surface area contributed by atoms with E-state index in [4.69, 9.17) is 34.0 Å². The number of benzene rings is 1. The first-order valence-corrected chi connectivity index (χ1v) is 4.62. The third kappa shape index (κ3) is 2.98. The molecule has 0 amide bonds. The summed E-state index contributed by atoms with van der Waals surface area (Å²) >= 11 is 11.0. The molecule has 0 spiro atoms. The maximum Gasteiger partial charge on any atom is 0.128 e. The van der Waals surface area contributed by atoms with Gasteiger partial charge in [0.1, 0.15) is 10.3 Å². The average molecular weight is 227 g/mol. The van der Waals surface area contributed by atoms with Crippen molar-refractivity contribution in [1.82, 2.24) is 0 Å². The van der Waals surface area contributed by atoms with E-state index < -0.39 is 0 Å². The van der Waals surface area contributed by atoms with Gasteiger partial charge in [-0.3, -0.25) is 10.8 Å². The van der Waals surface area contributed by atoms with Crippen molar-refractivity contribution in [3.05, 3.63) is 42.0 Å². The number of hydrogen-bond acceptors (Lipinski definition) is 2. The van der Waals surface area contributed by atoms with Gasteiger partial charge in [-0.1, -0.05) is 53.5 Å². The predicted octanol–water partition coefficient (Wildman–Crippen LogP) is 3.50. The summed E-state index contributed by atoms with van der Waals surface area (Å²) in [5.74, 6) is 0. The van der Waals surface area contributed by atoms with E-state index >= 15 is 0 Å². The molecule has 0 saturated heterocycles. The van der Waals surface area contributed by atoms with E-state index in [1.165, 1.54) is 6.08 Å². The number of rotatable bonds is 3. The highest BCUT2D eigenvalue weighted by Crippen LogP contribution is 2.17. The largest absolute Gasteiger partial charge is 0.289 e. The molecule has 0 heterocycles. The molecule has 0 unspecified atom stereocenters. The number of halogens is 2. The lowest BCUT2D eigenvalue weighted by Gasteiger charge is -2.02. The van der Waals surface area contributed by atoms with E-state index in [1.54, 1.807) is 0 Å². The minimum atomic E-state index is -0.144. The van der Waals surface area contributed by atoms with Gasteiger partial charge in [0.25, 0.3) is 0 Å². The van der Waals surface area contributed by atoms with Crippen molar-refractivity contribution < 1.29 is 0 Å². The van der Waals surface area contributed by atoms with Crippen LogP contribution in [0.1, 0.15) is 5.56 Å². The number of nitrogens with one attached hydrogen (secondary N) is 2. The van der Waals surface area contributed by atoms with Crippen LogP contribution in [0.4, 0.5) is 0 Å². The molecule has 2 nitrogen and oxygen atoms in total. The van der Waals surface area contributed by atoms with Crippen molar-refractivity contribution in [2.45, 2.75) is 0 Å². The van der Waals surface area contributed by atoms with Crippen molar-refractivity contribution in [3.63, 3.8) is 0 Å². The highest BCUT2D eigenvalue weighted by molar-refractivity contribution is 6.77. The molecule has 1 aromatic carbocycles. The highest BCUT2D eigenvalue weighted by atomic mass is 35.5.